The van der Waals surface area contributed by atoms with Gasteiger partial charge in [-0.3, -0.25) is 0 Å². The van der Waals surface area contributed by atoms with Crippen molar-refractivity contribution in [3.05, 3.63) is 58.4 Å². The Kier molecular flexibility index (Phi) is 4.01. The maximum Gasteiger partial charge on any atom is 0.339 e. The second-order valence-corrected chi connectivity index (χ2v) is 6.26. The molecule has 2 aromatic carbocycles. The third-order valence-electron chi connectivity index (χ3n) is 2.93. The molecule has 0 amide bonds. The zero-order chi connectivity index (χ0) is 14.9. The first-order chi connectivity index (χ1) is 9.31. The molecule has 0 radical (unpaired) electrons. The molecule has 0 aliphatic rings. The van der Waals surface area contributed by atoms with Crippen molar-refractivity contribution in [1.82, 2.24) is 0 Å². The highest BCUT2D eigenvalue weighted by molar-refractivity contribution is 7.87. The zero-order valence-corrected chi connectivity index (χ0v) is 12.4. The average Bonchev–Trinajstić information content (AvgIpc) is 2.38. The maximum atomic E-state index is 13.1. The standard InChI is InChI=1S/C14H12ClFO3S/c1-9-4-3-5-14(10(9)2)19-20(17,18)11-6-7-13(16)12(15)8-11/h3-8H,1-2H3. The van der Waals surface area contributed by atoms with Crippen LogP contribution in [0.25, 0.3) is 0 Å². The van der Waals surface area contributed by atoms with Crippen LogP contribution in [0.4, 0.5) is 4.39 Å². The van der Waals surface area contributed by atoms with Gasteiger partial charge < -0.3 is 4.18 Å². The van der Waals surface area contributed by atoms with E-state index in [2.05, 4.69) is 0 Å². The fraction of sp³-hybridized carbons (Fsp3) is 0.143. The first-order valence-corrected chi connectivity index (χ1v) is 7.55. The molecule has 0 fully saturated rings. The van der Waals surface area contributed by atoms with Gasteiger partial charge in [0.2, 0.25) is 0 Å². The van der Waals surface area contributed by atoms with Crippen LogP contribution in [-0.4, -0.2) is 8.42 Å². The Morgan fingerprint density at radius 1 is 1.15 bits per heavy atom. The predicted octanol–water partition coefficient (Wildman–Crippen LogP) is 3.86. The molecule has 106 valence electrons. The van der Waals surface area contributed by atoms with Gasteiger partial charge in [0.25, 0.3) is 0 Å². The van der Waals surface area contributed by atoms with Gasteiger partial charge in [-0.1, -0.05) is 23.7 Å². The van der Waals surface area contributed by atoms with E-state index in [4.69, 9.17) is 15.8 Å². The molecule has 0 aliphatic carbocycles. The molecule has 0 atom stereocenters. The summed E-state index contributed by atoms with van der Waals surface area (Å²) in [4.78, 5) is -0.190. The molecule has 6 heteroatoms. The summed E-state index contributed by atoms with van der Waals surface area (Å²) in [5.41, 5.74) is 1.64. The molecule has 0 bridgehead atoms. The van der Waals surface area contributed by atoms with Crippen LogP contribution < -0.4 is 4.18 Å². The number of aryl methyl sites for hydroxylation is 1. The lowest BCUT2D eigenvalue weighted by Gasteiger charge is -2.11. The minimum Gasteiger partial charge on any atom is -0.379 e. The fourth-order valence-electron chi connectivity index (χ4n) is 1.61. The van der Waals surface area contributed by atoms with Crippen molar-refractivity contribution in [2.24, 2.45) is 0 Å². The van der Waals surface area contributed by atoms with Gasteiger partial charge in [-0.15, -0.1) is 0 Å². The van der Waals surface area contributed by atoms with Gasteiger partial charge in [0.15, 0.2) is 0 Å². The van der Waals surface area contributed by atoms with Gasteiger partial charge in [-0.25, -0.2) is 4.39 Å². The fourth-order valence-corrected chi connectivity index (χ4v) is 2.87. The van der Waals surface area contributed by atoms with Gasteiger partial charge >= 0.3 is 10.1 Å². The van der Waals surface area contributed by atoms with Crippen LogP contribution in [0.15, 0.2) is 41.3 Å². The van der Waals surface area contributed by atoms with Crippen molar-refractivity contribution in [2.45, 2.75) is 18.7 Å². The van der Waals surface area contributed by atoms with E-state index in [9.17, 15) is 12.8 Å². The molecular formula is C14H12ClFO3S. The molecule has 0 unspecified atom stereocenters. The molecule has 3 nitrogen and oxygen atoms in total. The first kappa shape index (κ1) is 14.8. The monoisotopic (exact) mass is 314 g/mol. The Hall–Kier alpha value is -1.59. The Morgan fingerprint density at radius 3 is 2.50 bits per heavy atom. The van der Waals surface area contributed by atoms with Gasteiger partial charge in [-0.05, 0) is 49.2 Å². The second-order valence-electron chi connectivity index (χ2n) is 4.31. The number of hydrogen-bond acceptors (Lipinski definition) is 3. The summed E-state index contributed by atoms with van der Waals surface area (Å²) < 4.78 is 42.4. The maximum absolute atomic E-state index is 13.1. The minimum absolute atomic E-state index is 0.190. The number of benzene rings is 2. The van der Waals surface area contributed by atoms with Crippen LogP contribution in [0, 0.1) is 19.7 Å². The molecule has 2 rings (SSSR count). The average molecular weight is 315 g/mol. The summed E-state index contributed by atoms with van der Waals surface area (Å²) in [7, 11) is -4.04. The van der Waals surface area contributed by atoms with Crippen LogP contribution in [0.1, 0.15) is 11.1 Å². The quantitative estimate of drug-likeness (QED) is 0.808. The Bertz CT molecular complexity index is 757. The molecule has 2 aromatic rings. The third-order valence-corrected chi connectivity index (χ3v) is 4.45. The second kappa shape index (κ2) is 5.42. The van der Waals surface area contributed by atoms with Crippen LogP contribution in [0.5, 0.6) is 5.75 Å². The van der Waals surface area contributed by atoms with E-state index >= 15 is 0 Å². The van der Waals surface area contributed by atoms with E-state index in [0.29, 0.717) is 0 Å². The van der Waals surface area contributed by atoms with E-state index in [1.54, 1.807) is 19.1 Å². The van der Waals surface area contributed by atoms with Crippen molar-refractivity contribution in [3.63, 3.8) is 0 Å². The molecule has 0 heterocycles. The Morgan fingerprint density at radius 2 is 1.85 bits per heavy atom. The van der Waals surface area contributed by atoms with Gasteiger partial charge in [0.05, 0.1) is 5.02 Å². The van der Waals surface area contributed by atoms with Crippen LogP contribution in [0.3, 0.4) is 0 Å². The molecule has 0 aliphatic heterocycles. The summed E-state index contributed by atoms with van der Waals surface area (Å²) in [5.74, 6) is -0.442. The van der Waals surface area contributed by atoms with Crippen molar-refractivity contribution < 1.29 is 17.0 Å². The molecule has 0 saturated carbocycles. The summed E-state index contributed by atoms with van der Waals surface area (Å²) >= 11 is 5.58. The van der Waals surface area contributed by atoms with Crippen molar-refractivity contribution >= 4 is 21.7 Å². The lowest BCUT2D eigenvalue weighted by atomic mass is 10.1. The van der Waals surface area contributed by atoms with Gasteiger partial charge in [0.1, 0.15) is 16.5 Å². The van der Waals surface area contributed by atoms with Gasteiger partial charge in [-0.2, -0.15) is 8.42 Å². The molecule has 0 N–H and O–H groups in total. The highest BCUT2D eigenvalue weighted by Crippen LogP contribution is 2.26. The van der Waals surface area contributed by atoms with Crippen LogP contribution in [0.2, 0.25) is 5.02 Å². The van der Waals surface area contributed by atoms with Crippen LogP contribution in [-0.2, 0) is 10.1 Å². The van der Waals surface area contributed by atoms with Crippen molar-refractivity contribution in [2.75, 3.05) is 0 Å². The predicted molar refractivity (Wildman–Crippen MR) is 75.1 cm³/mol. The summed E-state index contributed by atoms with van der Waals surface area (Å²) in [5, 5.41) is -0.268. The van der Waals surface area contributed by atoms with E-state index in [0.717, 1.165) is 29.3 Å². The van der Waals surface area contributed by atoms with E-state index < -0.39 is 15.9 Å². The number of rotatable bonds is 3. The molecule has 0 saturated heterocycles. The molecule has 20 heavy (non-hydrogen) atoms. The zero-order valence-electron chi connectivity index (χ0n) is 10.9. The van der Waals surface area contributed by atoms with Crippen LogP contribution >= 0.6 is 11.6 Å². The topological polar surface area (TPSA) is 43.4 Å². The highest BCUT2D eigenvalue weighted by atomic mass is 35.5. The molecule has 0 aromatic heterocycles. The van der Waals surface area contributed by atoms with Gasteiger partial charge in [0, 0.05) is 0 Å². The molecular weight excluding hydrogens is 303 g/mol. The Balaban J connectivity index is 2.41. The number of hydrogen-bond donors (Lipinski definition) is 0. The first-order valence-electron chi connectivity index (χ1n) is 5.77. The molecule has 0 spiro atoms. The minimum atomic E-state index is -4.04. The summed E-state index contributed by atoms with van der Waals surface area (Å²) in [6, 6.07) is 8.24. The SMILES string of the molecule is Cc1cccc(OS(=O)(=O)c2ccc(F)c(Cl)c2)c1C. The third kappa shape index (κ3) is 2.94. The highest BCUT2D eigenvalue weighted by Gasteiger charge is 2.19. The summed E-state index contributed by atoms with van der Waals surface area (Å²) in [6.45, 7) is 3.61. The normalized spacial score (nSPS) is 11.4. The lowest BCUT2D eigenvalue weighted by molar-refractivity contribution is 0.483. The van der Waals surface area contributed by atoms with Crippen molar-refractivity contribution in [3.8, 4) is 5.75 Å². The Labute approximate surface area is 122 Å². The van der Waals surface area contributed by atoms with E-state index in [1.165, 1.54) is 0 Å². The van der Waals surface area contributed by atoms with E-state index in [-0.39, 0.29) is 15.7 Å². The smallest absolute Gasteiger partial charge is 0.339 e. The largest absolute Gasteiger partial charge is 0.379 e. The number of halogens is 2. The van der Waals surface area contributed by atoms with E-state index in [1.807, 2.05) is 13.0 Å². The summed E-state index contributed by atoms with van der Waals surface area (Å²) in [6.07, 6.45) is 0. The lowest BCUT2D eigenvalue weighted by Crippen LogP contribution is -2.11. The van der Waals surface area contributed by atoms with Crippen molar-refractivity contribution in [1.29, 1.82) is 0 Å².